The maximum absolute atomic E-state index is 12.8. The Kier molecular flexibility index (Phi) is 5.58. The summed E-state index contributed by atoms with van der Waals surface area (Å²) in [6.45, 7) is 1.07. The van der Waals surface area contributed by atoms with Crippen molar-refractivity contribution >= 4 is 21.6 Å². The molecule has 1 N–H and O–H groups in total. The maximum atomic E-state index is 12.8. The van der Waals surface area contributed by atoms with E-state index in [2.05, 4.69) is 10.4 Å². The van der Waals surface area contributed by atoms with Gasteiger partial charge in [-0.1, -0.05) is 6.42 Å². The van der Waals surface area contributed by atoms with Gasteiger partial charge in [-0.2, -0.15) is 9.40 Å². The smallest absolute Gasteiger partial charge is 0.246 e. The average molecular weight is 378 g/mol. The number of ether oxygens (including phenoxy) is 1. The highest BCUT2D eigenvalue weighted by Crippen LogP contribution is 2.30. The molecule has 0 atom stereocenters. The van der Waals surface area contributed by atoms with Gasteiger partial charge in [-0.05, 0) is 37.1 Å². The van der Waals surface area contributed by atoms with Crippen molar-refractivity contribution in [2.75, 3.05) is 25.5 Å². The van der Waals surface area contributed by atoms with Gasteiger partial charge in [0.15, 0.2) is 0 Å². The zero-order valence-corrected chi connectivity index (χ0v) is 15.4. The van der Waals surface area contributed by atoms with Crippen molar-refractivity contribution in [3.05, 3.63) is 36.7 Å². The summed E-state index contributed by atoms with van der Waals surface area (Å²) >= 11 is 0. The van der Waals surface area contributed by atoms with Gasteiger partial charge < -0.3 is 10.1 Å². The number of carbonyl (C=O) groups excluding carboxylic acids is 1. The van der Waals surface area contributed by atoms with Crippen molar-refractivity contribution in [3.8, 4) is 5.75 Å². The zero-order valence-electron chi connectivity index (χ0n) is 14.6. The predicted octanol–water partition coefficient (Wildman–Crippen LogP) is 1.70. The van der Waals surface area contributed by atoms with Crippen LogP contribution in [0.4, 0.5) is 5.69 Å². The van der Waals surface area contributed by atoms with Crippen LogP contribution < -0.4 is 10.1 Å². The summed E-state index contributed by atoms with van der Waals surface area (Å²) in [6, 6.07) is 6.23. The Morgan fingerprint density at radius 3 is 2.69 bits per heavy atom. The van der Waals surface area contributed by atoms with Crippen molar-refractivity contribution in [1.82, 2.24) is 14.1 Å². The molecule has 3 rings (SSSR count). The van der Waals surface area contributed by atoms with Gasteiger partial charge >= 0.3 is 0 Å². The molecule has 0 aliphatic carbocycles. The first-order chi connectivity index (χ1) is 12.5. The zero-order chi connectivity index (χ0) is 18.6. The number of methoxy groups -OCH3 is 1. The van der Waals surface area contributed by atoms with E-state index in [1.807, 2.05) is 0 Å². The third-order valence-corrected chi connectivity index (χ3v) is 6.16. The largest absolute Gasteiger partial charge is 0.495 e. The van der Waals surface area contributed by atoms with Gasteiger partial charge in [0.1, 0.15) is 12.3 Å². The molecule has 2 aromatic rings. The monoisotopic (exact) mass is 378 g/mol. The second-order valence-electron chi connectivity index (χ2n) is 6.08. The lowest BCUT2D eigenvalue weighted by Gasteiger charge is -2.26. The molecule has 0 unspecified atom stereocenters. The summed E-state index contributed by atoms with van der Waals surface area (Å²) in [4.78, 5) is 12.4. The minimum absolute atomic E-state index is 0.0270. The summed E-state index contributed by atoms with van der Waals surface area (Å²) in [5.41, 5.74) is 0.322. The number of benzene rings is 1. The van der Waals surface area contributed by atoms with Crippen molar-refractivity contribution in [2.45, 2.75) is 30.7 Å². The molecule has 1 aliphatic rings. The van der Waals surface area contributed by atoms with Crippen LogP contribution in [0.25, 0.3) is 0 Å². The van der Waals surface area contributed by atoms with Crippen molar-refractivity contribution in [2.24, 2.45) is 0 Å². The number of sulfonamides is 1. The number of hydrogen-bond donors (Lipinski definition) is 1. The molecule has 9 heteroatoms. The van der Waals surface area contributed by atoms with Crippen molar-refractivity contribution in [3.63, 3.8) is 0 Å². The van der Waals surface area contributed by atoms with Crippen LogP contribution in [0.2, 0.25) is 0 Å². The molecule has 1 fully saturated rings. The Hall–Kier alpha value is -2.39. The van der Waals surface area contributed by atoms with Crippen LogP contribution in [0.3, 0.4) is 0 Å². The van der Waals surface area contributed by atoms with Crippen LogP contribution in [0.1, 0.15) is 19.3 Å². The molecule has 0 spiro atoms. The minimum atomic E-state index is -3.59. The van der Waals surface area contributed by atoms with Gasteiger partial charge in [-0.15, -0.1) is 0 Å². The van der Waals surface area contributed by atoms with Gasteiger partial charge in [-0.25, -0.2) is 8.42 Å². The number of carbonyl (C=O) groups is 1. The van der Waals surface area contributed by atoms with Crippen LogP contribution in [-0.4, -0.2) is 48.6 Å². The van der Waals surface area contributed by atoms with E-state index in [1.54, 1.807) is 24.5 Å². The molecule has 1 amide bonds. The van der Waals surface area contributed by atoms with Gasteiger partial charge in [0.2, 0.25) is 15.9 Å². The van der Waals surface area contributed by atoms with Gasteiger partial charge in [0, 0.05) is 25.5 Å². The van der Waals surface area contributed by atoms with Crippen LogP contribution >= 0.6 is 0 Å². The van der Waals surface area contributed by atoms with E-state index in [0.29, 0.717) is 24.5 Å². The fraction of sp³-hybridized carbons (Fsp3) is 0.412. The highest BCUT2D eigenvalue weighted by atomic mass is 32.2. The molecule has 1 saturated heterocycles. The fourth-order valence-electron chi connectivity index (χ4n) is 2.93. The van der Waals surface area contributed by atoms with Gasteiger partial charge in [0.05, 0.1) is 17.7 Å². The van der Waals surface area contributed by atoms with E-state index in [9.17, 15) is 13.2 Å². The molecule has 2 heterocycles. The summed E-state index contributed by atoms with van der Waals surface area (Å²) in [6.07, 6.45) is 6.03. The van der Waals surface area contributed by atoms with E-state index < -0.39 is 10.0 Å². The highest BCUT2D eigenvalue weighted by molar-refractivity contribution is 7.89. The SMILES string of the molecule is COc1ccc(S(=O)(=O)N2CCCCC2)cc1NC(=O)Cn1cccn1. The normalized spacial score (nSPS) is 15.6. The van der Waals surface area contributed by atoms with E-state index >= 15 is 0 Å². The Balaban J connectivity index is 1.82. The summed E-state index contributed by atoms with van der Waals surface area (Å²) in [7, 11) is -2.12. The van der Waals surface area contributed by atoms with Crippen LogP contribution in [0.15, 0.2) is 41.6 Å². The molecule has 1 aliphatic heterocycles. The summed E-state index contributed by atoms with van der Waals surface area (Å²) < 4.78 is 33.9. The Bertz CT molecular complexity index is 859. The van der Waals surface area contributed by atoms with E-state index in [0.717, 1.165) is 19.3 Å². The van der Waals surface area contributed by atoms with E-state index in [-0.39, 0.29) is 17.3 Å². The Morgan fingerprint density at radius 2 is 2.04 bits per heavy atom. The first-order valence-electron chi connectivity index (χ1n) is 8.46. The van der Waals surface area contributed by atoms with Crippen LogP contribution in [-0.2, 0) is 21.4 Å². The second kappa shape index (κ2) is 7.88. The second-order valence-corrected chi connectivity index (χ2v) is 8.02. The average Bonchev–Trinajstić information content (AvgIpc) is 3.15. The minimum Gasteiger partial charge on any atom is -0.495 e. The number of aromatic nitrogens is 2. The molecule has 1 aromatic heterocycles. The standard InChI is InChI=1S/C17H22N4O4S/c1-25-16-7-6-14(26(23,24)21-10-3-2-4-11-21)12-15(16)19-17(22)13-20-9-5-8-18-20/h5-9,12H,2-4,10-11,13H2,1H3,(H,19,22). The quantitative estimate of drug-likeness (QED) is 0.826. The topological polar surface area (TPSA) is 93.5 Å². The summed E-state index contributed by atoms with van der Waals surface area (Å²) in [5, 5.41) is 6.69. The first-order valence-corrected chi connectivity index (χ1v) is 9.90. The number of nitrogens with zero attached hydrogens (tertiary/aromatic N) is 3. The lowest BCUT2D eigenvalue weighted by Crippen LogP contribution is -2.35. The van der Waals surface area contributed by atoms with E-state index in [4.69, 9.17) is 4.74 Å². The number of piperidine rings is 1. The van der Waals surface area contributed by atoms with Crippen LogP contribution in [0, 0.1) is 0 Å². The maximum Gasteiger partial charge on any atom is 0.246 e. The number of anilines is 1. The van der Waals surface area contributed by atoms with Crippen LogP contribution in [0.5, 0.6) is 5.75 Å². The molecule has 1 aromatic carbocycles. The molecule has 26 heavy (non-hydrogen) atoms. The fourth-order valence-corrected chi connectivity index (χ4v) is 4.47. The predicted molar refractivity (Wildman–Crippen MR) is 96.5 cm³/mol. The van der Waals surface area contributed by atoms with Gasteiger partial charge in [0.25, 0.3) is 0 Å². The molecule has 0 radical (unpaired) electrons. The first kappa shape index (κ1) is 18.4. The Labute approximate surface area is 152 Å². The van der Waals surface area contributed by atoms with E-state index in [1.165, 1.54) is 28.2 Å². The van der Waals surface area contributed by atoms with Crippen molar-refractivity contribution in [1.29, 1.82) is 0 Å². The third kappa shape index (κ3) is 4.05. The molecule has 140 valence electrons. The third-order valence-electron chi connectivity index (χ3n) is 4.26. The molecule has 0 saturated carbocycles. The van der Waals surface area contributed by atoms with Gasteiger partial charge in [-0.3, -0.25) is 9.48 Å². The molecule has 8 nitrogen and oxygen atoms in total. The van der Waals surface area contributed by atoms with Crippen molar-refractivity contribution < 1.29 is 17.9 Å². The molecule has 0 bridgehead atoms. The molecular weight excluding hydrogens is 356 g/mol. The highest BCUT2D eigenvalue weighted by Gasteiger charge is 2.27. The number of amides is 1. The molecular formula is C17H22N4O4S. The lowest BCUT2D eigenvalue weighted by molar-refractivity contribution is -0.116. The Morgan fingerprint density at radius 1 is 1.27 bits per heavy atom. The summed E-state index contributed by atoms with van der Waals surface area (Å²) in [5.74, 6) is 0.0796. The number of nitrogens with one attached hydrogen (secondary N) is 1. The lowest BCUT2D eigenvalue weighted by atomic mass is 10.2. The number of rotatable bonds is 6. The number of hydrogen-bond acceptors (Lipinski definition) is 5.